The predicted octanol–water partition coefficient (Wildman–Crippen LogP) is 0.626. The number of aliphatic hydroxyl groups is 1. The minimum atomic E-state index is 0.152. The van der Waals surface area contributed by atoms with Gasteiger partial charge in [-0.25, -0.2) is 0 Å². The van der Waals surface area contributed by atoms with Crippen LogP contribution in [0.1, 0.15) is 26.7 Å². The Bertz CT molecular complexity index is 170. The van der Waals surface area contributed by atoms with Crippen LogP contribution in [0.15, 0.2) is 0 Å². The van der Waals surface area contributed by atoms with Crippen molar-refractivity contribution in [3.05, 3.63) is 0 Å². The van der Waals surface area contributed by atoms with Gasteiger partial charge in [0.2, 0.25) is 5.91 Å². The molecule has 1 saturated heterocycles. The average molecular weight is 171 g/mol. The van der Waals surface area contributed by atoms with Crippen molar-refractivity contribution in [2.75, 3.05) is 13.2 Å². The number of hydrogen-bond donors (Lipinski definition) is 1. The third-order valence-electron chi connectivity index (χ3n) is 2.65. The molecule has 1 heterocycles. The van der Waals surface area contributed by atoms with Crippen LogP contribution in [0.5, 0.6) is 0 Å². The third kappa shape index (κ3) is 1.97. The summed E-state index contributed by atoms with van der Waals surface area (Å²) in [5.41, 5.74) is 0. The van der Waals surface area contributed by atoms with Crippen molar-refractivity contribution in [2.24, 2.45) is 5.92 Å². The Labute approximate surface area is 73.4 Å². The van der Waals surface area contributed by atoms with E-state index in [1.807, 2.05) is 11.8 Å². The summed E-state index contributed by atoms with van der Waals surface area (Å²) in [7, 11) is 0. The van der Waals surface area contributed by atoms with E-state index in [0.717, 1.165) is 19.4 Å². The lowest BCUT2D eigenvalue weighted by atomic mass is 9.92. The van der Waals surface area contributed by atoms with Gasteiger partial charge in [-0.3, -0.25) is 4.79 Å². The first-order valence-corrected chi connectivity index (χ1v) is 4.53. The second-order valence-corrected chi connectivity index (χ2v) is 3.63. The van der Waals surface area contributed by atoms with E-state index in [4.69, 9.17) is 5.11 Å². The monoisotopic (exact) mass is 171 g/mol. The lowest BCUT2D eigenvalue weighted by molar-refractivity contribution is -0.133. The molecule has 1 amide bonds. The molecule has 1 aliphatic heterocycles. The number of amides is 1. The lowest BCUT2D eigenvalue weighted by Gasteiger charge is -2.36. The fraction of sp³-hybridized carbons (Fsp3) is 0.889. The van der Waals surface area contributed by atoms with Crippen molar-refractivity contribution in [3.8, 4) is 0 Å². The van der Waals surface area contributed by atoms with E-state index in [9.17, 15) is 4.79 Å². The molecule has 0 aromatic carbocycles. The van der Waals surface area contributed by atoms with Crippen LogP contribution in [0.4, 0.5) is 0 Å². The molecule has 0 radical (unpaired) electrons. The van der Waals surface area contributed by atoms with E-state index in [1.54, 1.807) is 6.92 Å². The Kier molecular flexibility index (Phi) is 3.09. The standard InChI is InChI=1S/C9H17NO2/c1-7-5-9(6-11)3-4-10(7)8(2)12/h7,9,11H,3-6H2,1-2H3. The number of carbonyl (C=O) groups is 1. The first-order valence-electron chi connectivity index (χ1n) is 4.53. The van der Waals surface area contributed by atoms with E-state index in [1.165, 1.54) is 0 Å². The molecule has 0 aliphatic carbocycles. The van der Waals surface area contributed by atoms with Crippen molar-refractivity contribution < 1.29 is 9.90 Å². The Morgan fingerprint density at radius 1 is 1.67 bits per heavy atom. The summed E-state index contributed by atoms with van der Waals surface area (Å²) >= 11 is 0. The number of likely N-dealkylation sites (tertiary alicyclic amines) is 1. The molecule has 2 atom stereocenters. The smallest absolute Gasteiger partial charge is 0.219 e. The molecule has 1 aliphatic rings. The molecule has 0 spiro atoms. The highest BCUT2D eigenvalue weighted by Gasteiger charge is 2.25. The Morgan fingerprint density at radius 2 is 2.33 bits per heavy atom. The minimum absolute atomic E-state index is 0.152. The summed E-state index contributed by atoms with van der Waals surface area (Å²) in [6.45, 7) is 4.72. The van der Waals surface area contributed by atoms with Crippen molar-refractivity contribution in [3.63, 3.8) is 0 Å². The molecule has 2 unspecified atom stereocenters. The van der Waals surface area contributed by atoms with Gasteiger partial charge < -0.3 is 10.0 Å². The molecule has 3 nitrogen and oxygen atoms in total. The highest BCUT2D eigenvalue weighted by atomic mass is 16.3. The van der Waals surface area contributed by atoms with Crippen LogP contribution in [-0.2, 0) is 4.79 Å². The number of nitrogens with zero attached hydrogens (tertiary/aromatic N) is 1. The first-order chi connectivity index (χ1) is 5.65. The molecule has 70 valence electrons. The number of piperidine rings is 1. The van der Waals surface area contributed by atoms with Gasteiger partial charge in [-0.05, 0) is 25.7 Å². The Hall–Kier alpha value is -0.570. The van der Waals surface area contributed by atoms with Crippen LogP contribution in [0.25, 0.3) is 0 Å². The topological polar surface area (TPSA) is 40.5 Å². The predicted molar refractivity (Wildman–Crippen MR) is 46.7 cm³/mol. The van der Waals surface area contributed by atoms with Crippen LogP contribution in [0, 0.1) is 5.92 Å². The van der Waals surface area contributed by atoms with Crippen LogP contribution < -0.4 is 0 Å². The highest BCUT2D eigenvalue weighted by Crippen LogP contribution is 2.21. The normalized spacial score (nSPS) is 30.4. The maximum absolute atomic E-state index is 11.1. The van der Waals surface area contributed by atoms with Crippen molar-refractivity contribution >= 4 is 5.91 Å². The number of carbonyl (C=O) groups excluding carboxylic acids is 1. The van der Waals surface area contributed by atoms with Gasteiger partial charge in [0, 0.05) is 26.1 Å². The molecule has 0 bridgehead atoms. The minimum Gasteiger partial charge on any atom is -0.396 e. The Morgan fingerprint density at radius 3 is 2.75 bits per heavy atom. The molecule has 1 fully saturated rings. The summed E-state index contributed by atoms with van der Waals surface area (Å²) in [5.74, 6) is 0.550. The van der Waals surface area contributed by atoms with Crippen LogP contribution in [-0.4, -0.2) is 35.1 Å². The third-order valence-corrected chi connectivity index (χ3v) is 2.65. The summed E-state index contributed by atoms with van der Waals surface area (Å²) in [4.78, 5) is 12.9. The first kappa shape index (κ1) is 9.52. The quantitative estimate of drug-likeness (QED) is 0.628. The largest absolute Gasteiger partial charge is 0.396 e. The van der Waals surface area contributed by atoms with Gasteiger partial charge in [0.25, 0.3) is 0 Å². The van der Waals surface area contributed by atoms with E-state index in [0.29, 0.717) is 12.0 Å². The van der Waals surface area contributed by atoms with E-state index >= 15 is 0 Å². The zero-order valence-electron chi connectivity index (χ0n) is 7.79. The summed E-state index contributed by atoms with van der Waals surface area (Å²) in [5, 5.41) is 8.93. The molecule has 1 rings (SSSR count). The van der Waals surface area contributed by atoms with Gasteiger partial charge in [0.05, 0.1) is 0 Å². The molecular formula is C9H17NO2. The zero-order valence-corrected chi connectivity index (χ0v) is 7.79. The maximum atomic E-state index is 11.1. The van der Waals surface area contributed by atoms with Crippen LogP contribution in [0.3, 0.4) is 0 Å². The van der Waals surface area contributed by atoms with Crippen LogP contribution >= 0.6 is 0 Å². The number of hydrogen-bond acceptors (Lipinski definition) is 2. The summed E-state index contributed by atoms with van der Waals surface area (Å²) in [6, 6.07) is 0.299. The fourth-order valence-corrected chi connectivity index (χ4v) is 1.90. The fourth-order valence-electron chi connectivity index (χ4n) is 1.90. The molecule has 0 saturated carbocycles. The Balaban J connectivity index is 2.47. The van der Waals surface area contributed by atoms with Gasteiger partial charge >= 0.3 is 0 Å². The highest BCUT2D eigenvalue weighted by molar-refractivity contribution is 5.73. The van der Waals surface area contributed by atoms with Gasteiger partial charge in [0.1, 0.15) is 0 Å². The second kappa shape index (κ2) is 3.90. The van der Waals surface area contributed by atoms with Gasteiger partial charge in [-0.15, -0.1) is 0 Å². The molecule has 0 aromatic heterocycles. The number of rotatable bonds is 1. The molecule has 12 heavy (non-hydrogen) atoms. The lowest BCUT2D eigenvalue weighted by Crippen LogP contribution is -2.44. The molecule has 1 N–H and O–H groups in total. The van der Waals surface area contributed by atoms with Gasteiger partial charge in [-0.2, -0.15) is 0 Å². The number of aliphatic hydroxyl groups excluding tert-OH is 1. The summed E-state index contributed by atoms with van der Waals surface area (Å²) < 4.78 is 0. The van der Waals surface area contributed by atoms with Gasteiger partial charge in [0.15, 0.2) is 0 Å². The average Bonchev–Trinajstić information content (AvgIpc) is 2.03. The molecular weight excluding hydrogens is 154 g/mol. The van der Waals surface area contributed by atoms with Crippen molar-refractivity contribution in [1.82, 2.24) is 4.90 Å². The molecule has 3 heteroatoms. The van der Waals surface area contributed by atoms with Crippen molar-refractivity contribution in [1.29, 1.82) is 0 Å². The van der Waals surface area contributed by atoms with E-state index in [-0.39, 0.29) is 12.5 Å². The molecule has 0 aromatic rings. The van der Waals surface area contributed by atoms with Crippen molar-refractivity contribution in [2.45, 2.75) is 32.7 Å². The van der Waals surface area contributed by atoms with Gasteiger partial charge in [-0.1, -0.05) is 0 Å². The van der Waals surface area contributed by atoms with E-state index < -0.39 is 0 Å². The summed E-state index contributed by atoms with van der Waals surface area (Å²) in [6.07, 6.45) is 1.89. The SMILES string of the molecule is CC(=O)N1CCC(CO)CC1C. The maximum Gasteiger partial charge on any atom is 0.219 e. The zero-order chi connectivity index (χ0) is 9.14. The van der Waals surface area contributed by atoms with Crippen LogP contribution in [0.2, 0.25) is 0 Å². The second-order valence-electron chi connectivity index (χ2n) is 3.63. The van der Waals surface area contributed by atoms with E-state index in [2.05, 4.69) is 0 Å².